The number of fused-ring (bicyclic) bond motifs is 3. The molecule has 3 heteroatoms. The molecule has 0 aliphatic heterocycles. The number of rotatable bonds is 3. The summed E-state index contributed by atoms with van der Waals surface area (Å²) in [5, 5.41) is 3.71. The molecule has 1 heterocycles. The summed E-state index contributed by atoms with van der Waals surface area (Å²) in [7, 11) is 0. The molecule has 1 aliphatic rings. The van der Waals surface area contributed by atoms with E-state index in [0.29, 0.717) is 6.04 Å². The quantitative estimate of drug-likeness (QED) is 0.665. The average Bonchev–Trinajstić information content (AvgIpc) is 3.07. The van der Waals surface area contributed by atoms with Crippen LogP contribution in [0.1, 0.15) is 22.0 Å². The van der Waals surface area contributed by atoms with Crippen molar-refractivity contribution in [2.75, 3.05) is 0 Å². The van der Waals surface area contributed by atoms with E-state index in [0.717, 1.165) is 6.54 Å². The molecule has 1 N–H and O–H groups in total. The van der Waals surface area contributed by atoms with Crippen molar-refractivity contribution in [3.8, 4) is 11.1 Å². The Hall–Kier alpha value is -1.42. The molecule has 3 aromatic rings. The average molecular weight is 356 g/mol. The summed E-state index contributed by atoms with van der Waals surface area (Å²) in [5.74, 6) is 0. The molecule has 0 amide bonds. The molecule has 0 bridgehead atoms. The van der Waals surface area contributed by atoms with Crippen molar-refractivity contribution < 1.29 is 0 Å². The van der Waals surface area contributed by atoms with Gasteiger partial charge in [-0.25, -0.2) is 0 Å². The fourth-order valence-corrected chi connectivity index (χ4v) is 4.46. The minimum atomic E-state index is 0.290. The zero-order chi connectivity index (χ0) is 14.2. The molecule has 1 nitrogen and oxygen atoms in total. The zero-order valence-electron chi connectivity index (χ0n) is 11.3. The van der Waals surface area contributed by atoms with Gasteiger partial charge in [0.2, 0.25) is 0 Å². The smallest absolute Gasteiger partial charge is 0.0701 e. The monoisotopic (exact) mass is 355 g/mol. The lowest BCUT2D eigenvalue weighted by Crippen LogP contribution is -2.19. The summed E-state index contributed by atoms with van der Waals surface area (Å²) < 4.78 is 1.19. The Labute approximate surface area is 136 Å². The van der Waals surface area contributed by atoms with Crippen LogP contribution in [-0.2, 0) is 6.54 Å². The first-order valence-electron chi connectivity index (χ1n) is 6.99. The highest BCUT2D eigenvalue weighted by Crippen LogP contribution is 2.43. The van der Waals surface area contributed by atoms with E-state index in [-0.39, 0.29) is 0 Å². The van der Waals surface area contributed by atoms with Crippen LogP contribution in [0.2, 0.25) is 0 Å². The molecule has 1 aliphatic carbocycles. The van der Waals surface area contributed by atoms with Gasteiger partial charge in [0.15, 0.2) is 0 Å². The van der Waals surface area contributed by atoms with Crippen molar-refractivity contribution in [1.29, 1.82) is 0 Å². The summed E-state index contributed by atoms with van der Waals surface area (Å²) in [6.07, 6.45) is 0. The highest BCUT2D eigenvalue weighted by molar-refractivity contribution is 9.11. The van der Waals surface area contributed by atoms with Crippen LogP contribution >= 0.6 is 27.3 Å². The molecule has 0 spiro atoms. The molecular weight excluding hydrogens is 342 g/mol. The van der Waals surface area contributed by atoms with E-state index in [2.05, 4.69) is 81.9 Å². The lowest BCUT2D eigenvalue weighted by atomic mass is 10.1. The molecule has 1 aromatic heterocycles. The molecule has 104 valence electrons. The highest BCUT2D eigenvalue weighted by atomic mass is 79.9. The number of hydrogen-bond acceptors (Lipinski definition) is 2. The predicted octanol–water partition coefficient (Wildman–Crippen LogP) is 5.37. The molecule has 0 saturated carbocycles. The first-order chi connectivity index (χ1) is 10.3. The van der Waals surface area contributed by atoms with Crippen LogP contribution in [0.25, 0.3) is 11.1 Å². The van der Waals surface area contributed by atoms with Crippen molar-refractivity contribution in [3.05, 3.63) is 80.5 Å². The normalized spacial score (nSPS) is 13.2. The van der Waals surface area contributed by atoms with E-state index >= 15 is 0 Å². The summed E-state index contributed by atoms with van der Waals surface area (Å²) in [6, 6.07) is 22.0. The van der Waals surface area contributed by atoms with E-state index in [1.54, 1.807) is 11.3 Å². The van der Waals surface area contributed by atoms with Gasteiger partial charge in [-0.3, -0.25) is 0 Å². The van der Waals surface area contributed by atoms with Gasteiger partial charge in [-0.05, 0) is 50.3 Å². The first-order valence-corrected chi connectivity index (χ1v) is 8.60. The third kappa shape index (κ3) is 2.35. The molecule has 0 saturated heterocycles. The van der Waals surface area contributed by atoms with Crippen molar-refractivity contribution in [3.63, 3.8) is 0 Å². The predicted molar refractivity (Wildman–Crippen MR) is 92.6 cm³/mol. The van der Waals surface area contributed by atoms with Crippen LogP contribution in [-0.4, -0.2) is 0 Å². The Balaban J connectivity index is 1.68. The Bertz CT molecular complexity index is 748. The Morgan fingerprint density at radius 1 is 0.857 bits per heavy atom. The fraction of sp³-hybridized carbons (Fsp3) is 0.111. The van der Waals surface area contributed by atoms with E-state index in [1.807, 2.05) is 0 Å². The number of hydrogen-bond donors (Lipinski definition) is 1. The second-order valence-corrected chi connectivity index (χ2v) is 7.74. The molecule has 2 aromatic carbocycles. The fourth-order valence-electron chi connectivity index (χ4n) is 3.02. The van der Waals surface area contributed by atoms with Gasteiger partial charge in [0.1, 0.15) is 0 Å². The van der Waals surface area contributed by atoms with Crippen LogP contribution in [0.5, 0.6) is 0 Å². The Morgan fingerprint density at radius 3 is 2.05 bits per heavy atom. The van der Waals surface area contributed by atoms with Crippen molar-refractivity contribution >= 4 is 27.3 Å². The van der Waals surface area contributed by atoms with Gasteiger partial charge in [0.05, 0.1) is 9.83 Å². The van der Waals surface area contributed by atoms with Gasteiger partial charge in [0.25, 0.3) is 0 Å². The van der Waals surface area contributed by atoms with Crippen LogP contribution in [0.4, 0.5) is 0 Å². The van der Waals surface area contributed by atoms with Crippen LogP contribution in [0.3, 0.4) is 0 Å². The molecule has 0 radical (unpaired) electrons. The van der Waals surface area contributed by atoms with Gasteiger partial charge in [-0.1, -0.05) is 48.5 Å². The van der Waals surface area contributed by atoms with Gasteiger partial charge >= 0.3 is 0 Å². The third-order valence-electron chi connectivity index (χ3n) is 3.94. The first kappa shape index (κ1) is 13.3. The molecule has 0 fully saturated rings. The number of nitrogens with one attached hydrogen (secondary N) is 1. The summed E-state index contributed by atoms with van der Waals surface area (Å²) in [6.45, 7) is 0.892. The molecule has 0 atom stereocenters. The number of halogens is 1. The Kier molecular flexibility index (Phi) is 3.42. The minimum Gasteiger partial charge on any atom is -0.301 e. The van der Waals surface area contributed by atoms with E-state index < -0.39 is 0 Å². The minimum absolute atomic E-state index is 0.290. The van der Waals surface area contributed by atoms with Crippen LogP contribution in [0, 0.1) is 0 Å². The van der Waals surface area contributed by atoms with E-state index in [1.165, 1.54) is 30.9 Å². The second-order valence-electron chi connectivity index (χ2n) is 5.19. The maximum atomic E-state index is 3.71. The van der Waals surface area contributed by atoms with Gasteiger partial charge < -0.3 is 5.32 Å². The highest BCUT2D eigenvalue weighted by Gasteiger charge is 2.27. The third-order valence-corrected chi connectivity index (χ3v) is 5.57. The van der Waals surface area contributed by atoms with Crippen LogP contribution < -0.4 is 5.32 Å². The largest absolute Gasteiger partial charge is 0.301 e. The summed E-state index contributed by atoms with van der Waals surface area (Å²) in [4.78, 5) is 1.35. The zero-order valence-corrected chi connectivity index (χ0v) is 13.7. The van der Waals surface area contributed by atoms with Crippen molar-refractivity contribution in [2.45, 2.75) is 12.6 Å². The standard InChI is InChI=1S/C18H14BrNS/c19-17-10-9-12(21-17)11-20-18-15-7-3-1-5-13(15)14-6-2-4-8-16(14)18/h1-10,18,20H,11H2. The lowest BCUT2D eigenvalue weighted by Gasteiger charge is -2.15. The van der Waals surface area contributed by atoms with Gasteiger partial charge in [-0.15, -0.1) is 11.3 Å². The van der Waals surface area contributed by atoms with E-state index in [4.69, 9.17) is 0 Å². The maximum Gasteiger partial charge on any atom is 0.0701 e. The van der Waals surface area contributed by atoms with Gasteiger partial charge in [0, 0.05) is 11.4 Å². The topological polar surface area (TPSA) is 12.0 Å². The molecular formula is C18H14BrNS. The summed E-state index contributed by atoms with van der Waals surface area (Å²) in [5.41, 5.74) is 5.49. The number of thiophene rings is 1. The number of benzene rings is 2. The SMILES string of the molecule is Brc1ccc(CNC2c3ccccc3-c3ccccc32)s1. The van der Waals surface area contributed by atoms with E-state index in [9.17, 15) is 0 Å². The summed E-state index contributed by atoms with van der Waals surface area (Å²) >= 11 is 5.32. The van der Waals surface area contributed by atoms with Crippen molar-refractivity contribution in [1.82, 2.24) is 5.32 Å². The Morgan fingerprint density at radius 2 is 1.48 bits per heavy atom. The van der Waals surface area contributed by atoms with Gasteiger partial charge in [-0.2, -0.15) is 0 Å². The maximum absolute atomic E-state index is 3.71. The second kappa shape index (κ2) is 5.41. The molecule has 4 rings (SSSR count). The lowest BCUT2D eigenvalue weighted by molar-refractivity contribution is 0.621. The molecule has 21 heavy (non-hydrogen) atoms. The van der Waals surface area contributed by atoms with Crippen LogP contribution in [0.15, 0.2) is 64.5 Å². The molecule has 0 unspecified atom stereocenters. The van der Waals surface area contributed by atoms with Crippen molar-refractivity contribution in [2.24, 2.45) is 0 Å².